The summed E-state index contributed by atoms with van der Waals surface area (Å²) in [4.78, 5) is 12.6. The van der Waals surface area contributed by atoms with Gasteiger partial charge in [-0.2, -0.15) is 18.4 Å². The van der Waals surface area contributed by atoms with Crippen molar-refractivity contribution >= 4 is 23.2 Å². The average molecular weight is 514 g/mol. The fourth-order valence-electron chi connectivity index (χ4n) is 4.16. The zero-order valence-corrected chi connectivity index (χ0v) is 20.0. The number of carbonyl (C=O) groups excluding carboxylic acids is 1. The van der Waals surface area contributed by atoms with Crippen molar-refractivity contribution < 1.29 is 22.7 Å². The second-order valence-electron chi connectivity index (χ2n) is 8.45. The molecule has 0 fully saturated rings. The third-order valence-electron chi connectivity index (χ3n) is 6.03. The molecule has 3 aromatic rings. The number of nitrogens with zero attached hydrogens (tertiary/aromatic N) is 2. The van der Waals surface area contributed by atoms with Crippen LogP contribution in [0.1, 0.15) is 27.8 Å². The number of hydrogen-bond acceptors (Lipinski definition) is 4. The van der Waals surface area contributed by atoms with Gasteiger partial charge in [0.25, 0.3) is 0 Å². The summed E-state index contributed by atoms with van der Waals surface area (Å²) >= 11 is 6.44. The van der Waals surface area contributed by atoms with E-state index in [2.05, 4.69) is 11.4 Å². The van der Waals surface area contributed by atoms with Crippen LogP contribution < -0.4 is 10.1 Å². The van der Waals surface area contributed by atoms with Gasteiger partial charge in [0.05, 0.1) is 22.3 Å². The van der Waals surface area contributed by atoms with Crippen molar-refractivity contribution in [2.45, 2.75) is 32.2 Å². The molecule has 0 bridgehead atoms. The lowest BCUT2D eigenvalue weighted by Gasteiger charge is -2.21. The molecule has 0 unspecified atom stereocenters. The fourth-order valence-corrected chi connectivity index (χ4v) is 4.40. The summed E-state index contributed by atoms with van der Waals surface area (Å²) in [7, 11) is 0. The van der Waals surface area contributed by atoms with Gasteiger partial charge in [-0.15, -0.1) is 0 Å². The number of benzene rings is 3. The van der Waals surface area contributed by atoms with Crippen molar-refractivity contribution in [3.63, 3.8) is 0 Å². The van der Waals surface area contributed by atoms with Crippen molar-refractivity contribution in [1.29, 1.82) is 5.26 Å². The Hall–Kier alpha value is -3.70. The van der Waals surface area contributed by atoms with Crippen LogP contribution in [0, 0.1) is 11.3 Å². The van der Waals surface area contributed by atoms with E-state index in [9.17, 15) is 18.0 Å². The Kier molecular flexibility index (Phi) is 7.70. The van der Waals surface area contributed by atoms with E-state index in [1.54, 1.807) is 18.2 Å². The topological polar surface area (TPSA) is 65.4 Å². The predicted molar refractivity (Wildman–Crippen MR) is 131 cm³/mol. The molecule has 0 spiro atoms. The second-order valence-corrected chi connectivity index (χ2v) is 8.86. The van der Waals surface area contributed by atoms with Gasteiger partial charge in [-0.05, 0) is 65.4 Å². The third-order valence-corrected chi connectivity index (χ3v) is 6.34. The summed E-state index contributed by atoms with van der Waals surface area (Å²) in [6.07, 6.45) is -4.28. The molecule has 1 aliphatic rings. The number of ether oxygens (including phenoxy) is 1. The minimum absolute atomic E-state index is 0.00861. The first-order chi connectivity index (χ1) is 17.2. The lowest BCUT2D eigenvalue weighted by atomic mass is 10.0. The first kappa shape index (κ1) is 25.4. The maximum atomic E-state index is 12.9. The molecule has 1 amide bonds. The normalized spacial score (nSPS) is 13.4. The molecule has 186 valence electrons. The van der Waals surface area contributed by atoms with Gasteiger partial charge < -0.3 is 15.0 Å². The maximum Gasteiger partial charge on any atom is 0.471 e. The van der Waals surface area contributed by atoms with Crippen molar-refractivity contribution in [3.8, 4) is 11.8 Å². The van der Waals surface area contributed by atoms with Crippen molar-refractivity contribution in [1.82, 2.24) is 4.90 Å². The molecule has 0 atom stereocenters. The van der Waals surface area contributed by atoms with Gasteiger partial charge in [-0.25, -0.2) is 0 Å². The van der Waals surface area contributed by atoms with Crippen LogP contribution in [0.2, 0.25) is 5.02 Å². The van der Waals surface area contributed by atoms with Gasteiger partial charge in [0.1, 0.15) is 12.4 Å². The Balaban J connectivity index is 1.39. The molecule has 0 radical (unpaired) electrons. The van der Waals surface area contributed by atoms with E-state index in [4.69, 9.17) is 21.6 Å². The van der Waals surface area contributed by atoms with E-state index in [1.165, 1.54) is 0 Å². The third kappa shape index (κ3) is 6.10. The SMILES string of the molecule is N#Cc1cccc(COc2ccc(CNc3c(Cl)ccc4c3CCN(C(=O)C(F)(F)F)CC4)cc2)c1. The van der Waals surface area contributed by atoms with Gasteiger partial charge in [0.2, 0.25) is 0 Å². The minimum Gasteiger partial charge on any atom is -0.489 e. The van der Waals surface area contributed by atoms with Crippen molar-refractivity contribution in [2.24, 2.45) is 0 Å². The minimum atomic E-state index is -4.88. The van der Waals surface area contributed by atoms with Gasteiger partial charge >= 0.3 is 12.1 Å². The van der Waals surface area contributed by atoms with Gasteiger partial charge in [0, 0.05) is 19.6 Å². The van der Waals surface area contributed by atoms with Crippen LogP contribution >= 0.6 is 11.6 Å². The molecule has 5 nitrogen and oxygen atoms in total. The molecule has 0 saturated carbocycles. The highest BCUT2D eigenvalue weighted by molar-refractivity contribution is 6.33. The van der Waals surface area contributed by atoms with Crippen LogP contribution in [0.25, 0.3) is 0 Å². The van der Waals surface area contributed by atoms with Crippen LogP contribution in [0.3, 0.4) is 0 Å². The smallest absolute Gasteiger partial charge is 0.471 e. The zero-order chi connectivity index (χ0) is 25.7. The van der Waals surface area contributed by atoms with E-state index in [0.717, 1.165) is 27.2 Å². The Morgan fingerprint density at radius 2 is 1.81 bits per heavy atom. The standard InChI is InChI=1S/C27H23ClF3N3O2/c28-24-9-6-21-10-12-34(26(35)27(29,30)31)13-11-23(21)25(24)33-16-18-4-7-22(8-5-18)36-17-20-3-1-2-19(14-20)15-32/h1-9,14,33H,10-13,16-17H2. The van der Waals surface area contributed by atoms with Crippen molar-refractivity contribution in [2.75, 3.05) is 18.4 Å². The fraction of sp³-hybridized carbons (Fsp3) is 0.259. The molecule has 0 saturated heterocycles. The molecule has 1 N–H and O–H groups in total. The molecule has 1 aliphatic heterocycles. The summed E-state index contributed by atoms with van der Waals surface area (Å²) in [6.45, 7) is 0.775. The van der Waals surface area contributed by atoms with Crippen LogP contribution in [0.5, 0.6) is 5.75 Å². The average Bonchev–Trinajstić information content (AvgIpc) is 3.09. The highest BCUT2D eigenvalue weighted by atomic mass is 35.5. The van der Waals surface area contributed by atoms with E-state index < -0.39 is 12.1 Å². The number of rotatable bonds is 6. The van der Waals surface area contributed by atoms with Crippen molar-refractivity contribution in [3.05, 3.63) is 93.5 Å². The first-order valence-corrected chi connectivity index (χ1v) is 11.7. The molecule has 9 heteroatoms. The number of carbonyl (C=O) groups is 1. The van der Waals surface area contributed by atoms with Gasteiger partial charge in [-0.1, -0.05) is 41.9 Å². The quantitative estimate of drug-likeness (QED) is 0.446. The number of amides is 1. The molecular formula is C27H23ClF3N3O2. The Morgan fingerprint density at radius 1 is 1.06 bits per heavy atom. The number of anilines is 1. The van der Waals surface area contributed by atoms with Gasteiger partial charge in [0.15, 0.2) is 0 Å². The number of alkyl halides is 3. The summed E-state index contributed by atoms with van der Waals surface area (Å²) in [5, 5.41) is 12.8. The summed E-state index contributed by atoms with van der Waals surface area (Å²) in [6, 6.07) is 20.4. The number of hydrogen-bond donors (Lipinski definition) is 1. The van der Waals surface area contributed by atoms with Crippen LogP contribution in [0.15, 0.2) is 60.7 Å². The number of halogens is 4. The zero-order valence-electron chi connectivity index (χ0n) is 19.2. The van der Waals surface area contributed by atoms with E-state index >= 15 is 0 Å². The Labute approximate surface area is 212 Å². The number of fused-ring (bicyclic) bond motifs is 1. The molecule has 36 heavy (non-hydrogen) atoms. The lowest BCUT2D eigenvalue weighted by molar-refractivity contribution is -0.185. The largest absolute Gasteiger partial charge is 0.489 e. The monoisotopic (exact) mass is 513 g/mol. The number of nitrogens with one attached hydrogen (secondary N) is 1. The second kappa shape index (κ2) is 10.9. The highest BCUT2D eigenvalue weighted by Gasteiger charge is 2.42. The molecule has 4 rings (SSSR count). The van der Waals surface area contributed by atoms with Crippen LogP contribution in [0.4, 0.5) is 18.9 Å². The van der Waals surface area contributed by atoms with E-state index in [0.29, 0.717) is 41.6 Å². The predicted octanol–water partition coefficient (Wildman–Crippen LogP) is 5.89. The summed E-state index contributed by atoms with van der Waals surface area (Å²) < 4.78 is 44.5. The summed E-state index contributed by atoms with van der Waals surface area (Å²) in [5.74, 6) is -1.13. The molecule has 3 aromatic carbocycles. The number of nitriles is 1. The molecule has 0 aromatic heterocycles. The Bertz CT molecular complexity index is 1290. The molecule has 0 aliphatic carbocycles. The van der Waals surface area contributed by atoms with E-state index in [-0.39, 0.29) is 19.5 Å². The highest BCUT2D eigenvalue weighted by Crippen LogP contribution is 2.33. The lowest BCUT2D eigenvalue weighted by Crippen LogP contribution is -2.42. The molecular weight excluding hydrogens is 491 g/mol. The Morgan fingerprint density at radius 3 is 2.53 bits per heavy atom. The molecule has 1 heterocycles. The van der Waals surface area contributed by atoms with Gasteiger partial charge in [-0.3, -0.25) is 4.79 Å². The first-order valence-electron chi connectivity index (χ1n) is 11.4. The van der Waals surface area contributed by atoms with Crippen LogP contribution in [-0.2, 0) is 30.8 Å². The summed E-state index contributed by atoms with van der Waals surface area (Å²) in [5.41, 5.74) is 4.82. The maximum absolute atomic E-state index is 12.9. The van der Waals surface area contributed by atoms with Crippen LogP contribution in [-0.4, -0.2) is 30.1 Å². The van der Waals surface area contributed by atoms with E-state index in [1.807, 2.05) is 42.5 Å².